The molecular weight excluding hydrogens is 664 g/mol. The zero-order valence-electron chi connectivity index (χ0n) is 28.3. The second kappa shape index (κ2) is 14.2. The number of halogens is 1. The lowest BCUT2D eigenvalue weighted by Crippen LogP contribution is -2.49. The monoisotopic (exact) mass is 710 g/mol. The van der Waals surface area contributed by atoms with Gasteiger partial charge in [0.05, 0.1) is 36.8 Å². The number of benzene rings is 2. The number of amides is 3. The number of urea groups is 1. The molecule has 0 unspecified atom stereocenters. The lowest BCUT2D eigenvalue weighted by molar-refractivity contribution is 0.0131. The molecule has 3 amide bonds. The van der Waals surface area contributed by atoms with E-state index in [1.54, 1.807) is 13.2 Å². The van der Waals surface area contributed by atoms with E-state index in [-0.39, 0.29) is 29.2 Å². The van der Waals surface area contributed by atoms with Gasteiger partial charge in [-0.05, 0) is 104 Å². The summed E-state index contributed by atoms with van der Waals surface area (Å²) in [5.74, 6) is 0.711. The molecule has 3 aliphatic heterocycles. The summed E-state index contributed by atoms with van der Waals surface area (Å²) in [5, 5.41) is 3.57. The number of allylic oxidation sites excluding steroid dienone is 1. The molecule has 7 atom stereocenters. The molecule has 7 rings (SSSR count). The Bertz CT molecular complexity index is 1740. The van der Waals surface area contributed by atoms with Gasteiger partial charge in [-0.15, -0.1) is 4.36 Å². The fraction of sp³-hybridized carbons (Fsp3) is 0.568. The molecule has 2 N–H and O–H groups in total. The summed E-state index contributed by atoms with van der Waals surface area (Å²) in [6, 6.07) is 10.8. The van der Waals surface area contributed by atoms with Crippen LogP contribution in [0.25, 0.3) is 0 Å². The van der Waals surface area contributed by atoms with Gasteiger partial charge >= 0.3 is 6.03 Å². The fourth-order valence-corrected chi connectivity index (χ4v) is 10.4. The molecule has 1 saturated heterocycles. The highest BCUT2D eigenvalue weighted by Crippen LogP contribution is 2.47. The van der Waals surface area contributed by atoms with Crippen LogP contribution in [-0.4, -0.2) is 74.1 Å². The Morgan fingerprint density at radius 2 is 2.06 bits per heavy atom. The summed E-state index contributed by atoms with van der Waals surface area (Å²) >= 11 is 6.45. The number of hydrogen-bond acceptors (Lipinski definition) is 7. The summed E-state index contributed by atoms with van der Waals surface area (Å²) in [7, 11) is -1.72. The maximum absolute atomic E-state index is 14.4. The van der Waals surface area contributed by atoms with Gasteiger partial charge in [-0.1, -0.05) is 36.7 Å². The molecule has 0 radical (unpaired) electrons. The van der Waals surface area contributed by atoms with Crippen molar-refractivity contribution in [2.24, 2.45) is 22.1 Å². The lowest BCUT2D eigenvalue weighted by Gasteiger charge is -2.46. The molecule has 10 nitrogen and oxygen atoms in total. The number of nitrogens with zero attached hydrogens (tertiary/aromatic N) is 2. The number of nitrogens with one attached hydrogen (secondary N) is 2. The Labute approximate surface area is 294 Å². The van der Waals surface area contributed by atoms with Crippen LogP contribution in [0, 0.1) is 17.8 Å². The molecule has 2 aliphatic carbocycles. The lowest BCUT2D eigenvalue weighted by atomic mass is 9.68. The van der Waals surface area contributed by atoms with Crippen LogP contribution in [0.3, 0.4) is 0 Å². The van der Waals surface area contributed by atoms with Crippen LogP contribution in [0.4, 0.5) is 10.5 Å². The molecule has 2 aromatic carbocycles. The third kappa shape index (κ3) is 7.36. The largest absolute Gasteiger partial charge is 0.490 e. The van der Waals surface area contributed by atoms with Crippen molar-refractivity contribution in [3.63, 3.8) is 0 Å². The van der Waals surface area contributed by atoms with Crippen molar-refractivity contribution in [3.05, 3.63) is 70.3 Å². The Morgan fingerprint density at radius 1 is 1.18 bits per heavy atom. The summed E-state index contributed by atoms with van der Waals surface area (Å²) in [6.45, 7) is 4.92. The minimum atomic E-state index is -3.48. The van der Waals surface area contributed by atoms with Crippen LogP contribution >= 0.6 is 11.6 Å². The topological polar surface area (TPSA) is 119 Å². The molecular formula is C37H47ClN4O6S. The van der Waals surface area contributed by atoms with Crippen LogP contribution in [0.1, 0.15) is 66.9 Å². The summed E-state index contributed by atoms with van der Waals surface area (Å²) < 4.78 is 39.2. The zero-order valence-corrected chi connectivity index (χ0v) is 29.9. The number of carbonyl (C=O) groups is 2. The average Bonchev–Trinajstić information content (AvgIpc) is 3.51. The predicted molar refractivity (Wildman–Crippen MR) is 191 cm³/mol. The van der Waals surface area contributed by atoms with E-state index in [4.69, 9.17) is 25.8 Å². The predicted octanol–water partition coefficient (Wildman–Crippen LogP) is 6.06. The van der Waals surface area contributed by atoms with Crippen molar-refractivity contribution >= 4 is 39.1 Å². The number of rotatable bonds is 3. The fourth-order valence-electron chi connectivity index (χ4n) is 8.38. The van der Waals surface area contributed by atoms with Crippen LogP contribution in [-0.2, 0) is 31.2 Å². The van der Waals surface area contributed by atoms with E-state index < -0.39 is 21.9 Å². The zero-order chi connectivity index (χ0) is 34.2. The highest BCUT2D eigenvalue weighted by atomic mass is 35.5. The Kier molecular flexibility index (Phi) is 9.98. The van der Waals surface area contributed by atoms with Crippen molar-refractivity contribution in [2.45, 2.75) is 69.4 Å². The average molecular weight is 711 g/mol. The Balaban J connectivity index is 1.28. The third-order valence-corrected chi connectivity index (χ3v) is 13.3. The second-order valence-electron chi connectivity index (χ2n) is 14.6. The minimum absolute atomic E-state index is 0.0213. The highest BCUT2D eigenvalue weighted by molar-refractivity contribution is 7.92. The van der Waals surface area contributed by atoms with E-state index in [2.05, 4.69) is 43.6 Å². The first-order valence-electron chi connectivity index (χ1n) is 17.6. The molecule has 0 aromatic heterocycles. The van der Waals surface area contributed by atoms with Crippen molar-refractivity contribution in [3.8, 4) is 5.75 Å². The quantitative estimate of drug-likeness (QED) is 0.372. The van der Waals surface area contributed by atoms with E-state index in [1.807, 2.05) is 25.1 Å². The maximum Gasteiger partial charge on any atom is 0.327 e. The molecule has 2 aromatic rings. The third-order valence-electron chi connectivity index (χ3n) is 11.0. The van der Waals surface area contributed by atoms with Crippen molar-refractivity contribution in [1.29, 1.82) is 0 Å². The van der Waals surface area contributed by atoms with Crippen LogP contribution in [0.5, 0.6) is 5.75 Å². The highest BCUT2D eigenvalue weighted by Gasteiger charge is 2.44. The molecule has 1 spiro atoms. The summed E-state index contributed by atoms with van der Waals surface area (Å²) in [4.78, 5) is 29.3. The van der Waals surface area contributed by atoms with E-state index in [0.29, 0.717) is 55.8 Å². The maximum atomic E-state index is 14.4. The molecule has 1 saturated carbocycles. The van der Waals surface area contributed by atoms with Crippen LogP contribution in [0.2, 0.25) is 5.02 Å². The van der Waals surface area contributed by atoms with E-state index >= 15 is 0 Å². The van der Waals surface area contributed by atoms with Crippen molar-refractivity contribution in [1.82, 2.24) is 10.0 Å². The van der Waals surface area contributed by atoms with Crippen LogP contribution < -0.4 is 19.7 Å². The Hall–Kier alpha value is -3.12. The number of carbonyl (C=O) groups excluding carboxylic acids is 2. The first-order valence-corrected chi connectivity index (χ1v) is 19.7. The van der Waals surface area contributed by atoms with Crippen molar-refractivity contribution in [2.75, 3.05) is 50.7 Å². The number of fused-ring (bicyclic) bond motifs is 4. The minimum Gasteiger partial charge on any atom is -0.490 e. The standard InChI is InChI=1S/C37H47ClN4O6S/c1-24-5-3-7-33(46-2)30-11-8-27(30)19-42-22-37(15-4-6-25-17-28(38)10-12-31(25)37)23-48-34-13-9-26(18-32(34)42)35(43)40-49(45,21-24)41-36(44)39-29-14-16-47-20-29/h3,7,9-10,12-13,17-18,24,27,29-30,33H,4-6,8,11,14-16,19-23H2,1-2H3,(H2,39,40,41,43,44,45)/b7-3+/t24-,27-,29-,30+,33-,37-,49-/m0/s1. The number of anilines is 1. The van der Waals surface area contributed by atoms with Gasteiger partial charge in [-0.3, -0.25) is 9.52 Å². The number of methoxy groups -OCH3 is 1. The molecule has 5 aliphatic rings. The van der Waals surface area contributed by atoms with Crippen molar-refractivity contribution < 1.29 is 28.0 Å². The number of ether oxygens (including phenoxy) is 3. The smallest absolute Gasteiger partial charge is 0.327 e. The summed E-state index contributed by atoms with van der Waals surface area (Å²) in [5.41, 5.74) is 3.42. The van der Waals surface area contributed by atoms with Gasteiger partial charge < -0.3 is 24.4 Å². The first kappa shape index (κ1) is 34.3. The number of aryl methyl sites for hydroxylation is 1. The van der Waals surface area contributed by atoms with Gasteiger partial charge in [0, 0.05) is 42.8 Å². The van der Waals surface area contributed by atoms with E-state index in [0.717, 1.165) is 55.9 Å². The molecule has 2 fully saturated rings. The van der Waals surface area contributed by atoms with Gasteiger partial charge in [0.15, 0.2) is 0 Å². The van der Waals surface area contributed by atoms with E-state index in [9.17, 15) is 13.8 Å². The molecule has 12 heteroatoms. The summed E-state index contributed by atoms with van der Waals surface area (Å²) in [6.07, 6.45) is 10.6. The molecule has 264 valence electrons. The van der Waals surface area contributed by atoms with Gasteiger partial charge in [-0.25, -0.2) is 9.00 Å². The second-order valence-corrected chi connectivity index (χ2v) is 17.0. The van der Waals surface area contributed by atoms with Gasteiger partial charge in [0.2, 0.25) is 0 Å². The molecule has 2 bridgehead atoms. The van der Waals surface area contributed by atoms with E-state index in [1.165, 1.54) is 11.1 Å². The molecule has 49 heavy (non-hydrogen) atoms. The van der Waals surface area contributed by atoms with Crippen LogP contribution in [0.15, 0.2) is 52.9 Å². The molecule has 3 heterocycles. The first-order chi connectivity index (χ1) is 23.6. The number of hydrogen-bond donors (Lipinski definition) is 2. The van der Waals surface area contributed by atoms with Gasteiger partial charge in [-0.2, -0.15) is 0 Å². The van der Waals surface area contributed by atoms with Gasteiger partial charge in [0.1, 0.15) is 15.7 Å². The Morgan fingerprint density at radius 3 is 2.84 bits per heavy atom. The normalized spacial score (nSPS) is 33.6. The SMILES string of the molecule is CO[C@H]1/C=C/C[C@H](C)C[S@@](=O)(NC(=O)N[C@H]2CCOC2)=NC(=O)c2ccc3c(c2)N(C[C@@H]2CC[C@H]21)C[C@@]1(CCCc2cc(Cl)ccc21)CO3. The van der Waals surface area contributed by atoms with Gasteiger partial charge in [0.25, 0.3) is 5.91 Å².